The third-order valence-electron chi connectivity index (χ3n) is 2.48. The molecule has 1 heterocycles. The Morgan fingerprint density at radius 1 is 1.11 bits per heavy atom. The van der Waals surface area contributed by atoms with E-state index in [1.807, 2.05) is 18.2 Å². The fraction of sp³-hybridized carbons (Fsp3) is 0.167. The first-order valence-corrected chi connectivity index (χ1v) is 6.35. The second kappa shape index (κ2) is 6.32. The Balaban J connectivity index is 1.95. The van der Waals surface area contributed by atoms with Gasteiger partial charge in [0.25, 0.3) is 0 Å². The minimum Gasteiger partial charge on any atom is -0.369 e. The second-order valence-corrected chi connectivity index (χ2v) is 4.48. The largest absolute Gasteiger partial charge is 0.369 e. The summed E-state index contributed by atoms with van der Waals surface area (Å²) in [5, 5.41) is 3.24. The van der Waals surface area contributed by atoms with E-state index in [1.165, 1.54) is 11.9 Å². The molecule has 2 aromatic rings. The van der Waals surface area contributed by atoms with E-state index in [0.717, 1.165) is 23.3 Å². The van der Waals surface area contributed by atoms with E-state index in [4.69, 9.17) is 5.84 Å². The van der Waals surface area contributed by atoms with Crippen LogP contribution in [0.3, 0.4) is 0 Å². The van der Waals surface area contributed by atoms with Gasteiger partial charge in [0.1, 0.15) is 16.6 Å². The van der Waals surface area contributed by atoms with Crippen LogP contribution in [0.25, 0.3) is 0 Å². The summed E-state index contributed by atoms with van der Waals surface area (Å²) < 4.78 is 0.737. The number of nitrogens with one attached hydrogen (secondary N) is 2. The number of hydrogen-bond acceptors (Lipinski definition) is 5. The molecule has 4 N–H and O–H groups in total. The fourth-order valence-corrected chi connectivity index (χ4v) is 2.02. The van der Waals surface area contributed by atoms with Crippen molar-refractivity contribution in [3.63, 3.8) is 0 Å². The molecule has 0 unspecified atom stereocenters. The van der Waals surface area contributed by atoms with Gasteiger partial charge >= 0.3 is 0 Å². The van der Waals surface area contributed by atoms with E-state index in [2.05, 4.69) is 48.8 Å². The van der Waals surface area contributed by atoms with Crippen LogP contribution in [-0.2, 0) is 6.42 Å². The van der Waals surface area contributed by atoms with Crippen molar-refractivity contribution in [2.75, 3.05) is 17.3 Å². The van der Waals surface area contributed by atoms with Crippen molar-refractivity contribution in [1.82, 2.24) is 9.97 Å². The number of aromatic nitrogens is 2. The minimum atomic E-state index is 0.562. The van der Waals surface area contributed by atoms with Gasteiger partial charge in [-0.2, -0.15) is 0 Å². The number of hydrogen-bond donors (Lipinski definition) is 3. The smallest absolute Gasteiger partial charge is 0.159 e. The molecule has 94 valence electrons. The molecule has 0 saturated heterocycles. The van der Waals surface area contributed by atoms with E-state index in [9.17, 15) is 0 Å². The van der Waals surface area contributed by atoms with E-state index < -0.39 is 0 Å². The van der Waals surface area contributed by atoms with Crippen molar-refractivity contribution in [3.05, 3.63) is 46.7 Å². The summed E-state index contributed by atoms with van der Waals surface area (Å²) in [5.41, 5.74) is 3.79. The molecule has 1 aromatic heterocycles. The molecule has 0 bridgehead atoms. The molecule has 0 spiro atoms. The zero-order valence-corrected chi connectivity index (χ0v) is 11.3. The summed E-state index contributed by atoms with van der Waals surface area (Å²) in [6.07, 6.45) is 2.40. The van der Waals surface area contributed by atoms with Crippen molar-refractivity contribution in [2.45, 2.75) is 6.42 Å². The Kier molecular flexibility index (Phi) is 4.49. The predicted octanol–water partition coefficient (Wildman–Crippen LogP) is 2.18. The number of hydrazine groups is 1. The topological polar surface area (TPSA) is 75.9 Å². The Hall–Kier alpha value is -1.66. The van der Waals surface area contributed by atoms with Gasteiger partial charge < -0.3 is 10.7 Å². The molecule has 0 amide bonds. The van der Waals surface area contributed by atoms with Gasteiger partial charge in [-0.15, -0.1) is 0 Å². The average molecular weight is 308 g/mol. The monoisotopic (exact) mass is 307 g/mol. The molecule has 0 fully saturated rings. The Labute approximate surface area is 114 Å². The fourth-order valence-electron chi connectivity index (χ4n) is 1.56. The van der Waals surface area contributed by atoms with Crippen LogP contribution in [-0.4, -0.2) is 16.5 Å². The lowest BCUT2D eigenvalue weighted by Crippen LogP contribution is -2.12. The molecule has 18 heavy (non-hydrogen) atoms. The molecule has 2 rings (SSSR count). The van der Waals surface area contributed by atoms with Crippen LogP contribution in [0.1, 0.15) is 5.56 Å². The number of nitrogen functional groups attached to an aromatic ring is 1. The van der Waals surface area contributed by atoms with Crippen molar-refractivity contribution in [2.24, 2.45) is 5.84 Å². The normalized spacial score (nSPS) is 10.1. The molecular formula is C12H14BrN5. The average Bonchev–Trinajstić information content (AvgIpc) is 2.42. The number of nitrogens with two attached hydrogens (primary N) is 1. The molecule has 0 radical (unpaired) electrons. The van der Waals surface area contributed by atoms with Gasteiger partial charge in [-0.25, -0.2) is 15.8 Å². The standard InChI is InChI=1S/C12H14BrN5/c13-10-11(16-8-17-12(10)18-14)15-7-6-9-4-2-1-3-5-9/h1-5,8H,6-7,14H2,(H2,15,16,17,18). The zero-order chi connectivity index (χ0) is 12.8. The number of benzene rings is 1. The molecular weight excluding hydrogens is 294 g/mol. The van der Waals surface area contributed by atoms with E-state index in [1.54, 1.807) is 0 Å². The Morgan fingerprint density at radius 3 is 2.56 bits per heavy atom. The molecule has 0 saturated carbocycles. The summed E-state index contributed by atoms with van der Waals surface area (Å²) in [6, 6.07) is 10.3. The number of anilines is 2. The van der Waals surface area contributed by atoms with Crippen molar-refractivity contribution < 1.29 is 0 Å². The minimum absolute atomic E-state index is 0.562. The first kappa shape index (κ1) is 12.8. The van der Waals surface area contributed by atoms with Crippen LogP contribution >= 0.6 is 15.9 Å². The number of halogens is 1. The van der Waals surface area contributed by atoms with Crippen LogP contribution in [0.15, 0.2) is 41.1 Å². The second-order valence-electron chi connectivity index (χ2n) is 3.69. The molecule has 0 aliphatic carbocycles. The highest BCUT2D eigenvalue weighted by molar-refractivity contribution is 9.10. The van der Waals surface area contributed by atoms with Crippen LogP contribution in [0.4, 0.5) is 11.6 Å². The Bertz CT molecular complexity index is 503. The molecule has 0 atom stereocenters. The van der Waals surface area contributed by atoms with Gasteiger partial charge in [0.05, 0.1) is 0 Å². The lowest BCUT2D eigenvalue weighted by molar-refractivity contribution is 0.994. The quantitative estimate of drug-likeness (QED) is 0.583. The molecule has 1 aromatic carbocycles. The maximum Gasteiger partial charge on any atom is 0.159 e. The predicted molar refractivity (Wildman–Crippen MR) is 76.2 cm³/mol. The highest BCUT2D eigenvalue weighted by atomic mass is 79.9. The summed E-state index contributed by atoms with van der Waals surface area (Å²) >= 11 is 3.40. The summed E-state index contributed by atoms with van der Waals surface area (Å²) in [6.45, 7) is 0.795. The van der Waals surface area contributed by atoms with Crippen molar-refractivity contribution in [1.29, 1.82) is 0 Å². The first-order chi connectivity index (χ1) is 8.81. The summed E-state index contributed by atoms with van der Waals surface area (Å²) in [7, 11) is 0. The molecule has 6 heteroatoms. The molecule has 0 aliphatic heterocycles. The van der Waals surface area contributed by atoms with Gasteiger partial charge in [0.15, 0.2) is 5.82 Å². The van der Waals surface area contributed by atoms with Crippen LogP contribution in [0.5, 0.6) is 0 Å². The van der Waals surface area contributed by atoms with Gasteiger partial charge in [0.2, 0.25) is 0 Å². The third-order valence-corrected chi connectivity index (χ3v) is 3.23. The Morgan fingerprint density at radius 2 is 1.83 bits per heavy atom. The van der Waals surface area contributed by atoms with Gasteiger partial charge in [-0.1, -0.05) is 30.3 Å². The zero-order valence-electron chi connectivity index (χ0n) is 9.73. The summed E-state index contributed by atoms with van der Waals surface area (Å²) in [5.74, 6) is 6.63. The van der Waals surface area contributed by atoms with Crippen LogP contribution < -0.4 is 16.6 Å². The highest BCUT2D eigenvalue weighted by Crippen LogP contribution is 2.25. The van der Waals surface area contributed by atoms with Crippen molar-refractivity contribution >= 4 is 27.6 Å². The van der Waals surface area contributed by atoms with Gasteiger partial charge in [0, 0.05) is 6.54 Å². The third kappa shape index (κ3) is 3.18. The van der Waals surface area contributed by atoms with E-state index in [-0.39, 0.29) is 0 Å². The maximum atomic E-state index is 5.34. The lowest BCUT2D eigenvalue weighted by atomic mass is 10.1. The SMILES string of the molecule is NNc1ncnc(NCCc2ccccc2)c1Br. The van der Waals surface area contributed by atoms with E-state index in [0.29, 0.717) is 5.82 Å². The maximum absolute atomic E-state index is 5.34. The molecule has 0 aliphatic rings. The van der Waals surface area contributed by atoms with E-state index >= 15 is 0 Å². The first-order valence-electron chi connectivity index (χ1n) is 5.56. The number of rotatable bonds is 5. The van der Waals surface area contributed by atoms with Gasteiger partial charge in [-0.3, -0.25) is 0 Å². The highest BCUT2D eigenvalue weighted by Gasteiger charge is 2.06. The number of nitrogens with zero attached hydrogens (tertiary/aromatic N) is 2. The van der Waals surface area contributed by atoms with Crippen LogP contribution in [0, 0.1) is 0 Å². The summed E-state index contributed by atoms with van der Waals surface area (Å²) in [4.78, 5) is 8.14. The molecule has 5 nitrogen and oxygen atoms in total. The van der Waals surface area contributed by atoms with Gasteiger partial charge in [-0.05, 0) is 27.9 Å². The lowest BCUT2D eigenvalue weighted by Gasteiger charge is -2.09. The van der Waals surface area contributed by atoms with Crippen molar-refractivity contribution in [3.8, 4) is 0 Å². The van der Waals surface area contributed by atoms with Crippen LogP contribution in [0.2, 0.25) is 0 Å².